The van der Waals surface area contributed by atoms with Gasteiger partial charge < -0.3 is 15.1 Å². The lowest BCUT2D eigenvalue weighted by molar-refractivity contribution is 0.660. The molecule has 0 saturated carbocycles. The number of rotatable bonds is 6. The number of para-hydroxylation sites is 1. The summed E-state index contributed by atoms with van der Waals surface area (Å²) >= 11 is 0. The van der Waals surface area contributed by atoms with Crippen LogP contribution in [-0.2, 0) is 5.41 Å². The molecular formula is C48H38N2O. The fraction of sp³-hybridized carbons (Fsp3) is 0.0833. The van der Waals surface area contributed by atoms with Crippen LogP contribution in [-0.4, -0.2) is 0 Å². The van der Waals surface area contributed by atoms with E-state index in [0.29, 0.717) is 0 Å². The maximum atomic E-state index is 6.77. The van der Waals surface area contributed by atoms with Crippen molar-refractivity contribution in [2.24, 2.45) is 5.73 Å². The van der Waals surface area contributed by atoms with Crippen LogP contribution in [0.2, 0.25) is 0 Å². The molecule has 3 heteroatoms. The minimum absolute atomic E-state index is 0.0858. The molecule has 0 unspecified atom stereocenters. The summed E-state index contributed by atoms with van der Waals surface area (Å²) in [5, 5.41) is 4.61. The van der Waals surface area contributed by atoms with Crippen LogP contribution in [0.1, 0.15) is 37.5 Å². The second kappa shape index (κ2) is 11.9. The van der Waals surface area contributed by atoms with Crippen LogP contribution in [0.4, 0.5) is 17.1 Å². The number of allylic oxidation sites excluding steroid dienone is 3. The lowest BCUT2D eigenvalue weighted by Crippen LogP contribution is -2.16. The number of fused-ring (bicyclic) bond motifs is 8. The van der Waals surface area contributed by atoms with Crippen LogP contribution in [0.25, 0.3) is 60.5 Å². The molecule has 1 aliphatic carbocycles. The third-order valence-electron chi connectivity index (χ3n) is 10.6. The topological polar surface area (TPSA) is 42.4 Å². The molecule has 8 aromatic rings. The highest BCUT2D eigenvalue weighted by molar-refractivity contribution is 6.24. The highest BCUT2D eigenvalue weighted by Gasteiger charge is 2.35. The molecule has 0 aliphatic heterocycles. The van der Waals surface area contributed by atoms with Crippen LogP contribution in [0.3, 0.4) is 0 Å². The summed E-state index contributed by atoms with van der Waals surface area (Å²) in [5.41, 5.74) is 20.6. The van der Waals surface area contributed by atoms with Gasteiger partial charge in [-0.1, -0.05) is 117 Å². The first-order chi connectivity index (χ1) is 24.9. The fourth-order valence-electron chi connectivity index (χ4n) is 8.15. The molecule has 246 valence electrons. The Morgan fingerprint density at radius 2 is 1.33 bits per heavy atom. The van der Waals surface area contributed by atoms with Gasteiger partial charge in [0, 0.05) is 38.8 Å². The normalized spacial score (nSPS) is 13.7. The van der Waals surface area contributed by atoms with E-state index in [2.05, 4.69) is 177 Å². The van der Waals surface area contributed by atoms with E-state index in [1.807, 2.05) is 6.08 Å². The third kappa shape index (κ3) is 4.88. The summed E-state index contributed by atoms with van der Waals surface area (Å²) in [4.78, 5) is 2.36. The van der Waals surface area contributed by atoms with Crippen LogP contribution < -0.4 is 10.6 Å². The molecule has 1 heterocycles. The number of furan rings is 1. The van der Waals surface area contributed by atoms with Crippen LogP contribution in [0.15, 0.2) is 168 Å². The molecule has 0 atom stereocenters. The average Bonchev–Trinajstić information content (AvgIpc) is 3.67. The van der Waals surface area contributed by atoms with Crippen molar-refractivity contribution in [2.75, 3.05) is 4.90 Å². The SMILES string of the molecule is C/C(=C\C=C/N)c1cccc2oc3c(-c4ccc(N(c5ccccc5)c5ccc6c(c5)C(C)(C)c5ccccc5-6)cc4)cc4ccccc4c3c12. The van der Waals surface area contributed by atoms with Crippen LogP contribution in [0.5, 0.6) is 0 Å². The second-order valence-corrected chi connectivity index (χ2v) is 14.0. The van der Waals surface area contributed by atoms with Crippen molar-refractivity contribution in [3.63, 3.8) is 0 Å². The van der Waals surface area contributed by atoms with Gasteiger partial charge >= 0.3 is 0 Å². The average molecular weight is 659 g/mol. The zero-order valence-corrected chi connectivity index (χ0v) is 29.0. The molecule has 2 N–H and O–H groups in total. The van der Waals surface area contributed by atoms with E-state index in [1.54, 1.807) is 6.20 Å². The minimum atomic E-state index is -0.0858. The Hall–Kier alpha value is -6.32. The minimum Gasteiger partial charge on any atom is -0.455 e. The zero-order chi connectivity index (χ0) is 34.7. The Balaban J connectivity index is 1.20. The van der Waals surface area contributed by atoms with Crippen molar-refractivity contribution in [3.8, 4) is 22.3 Å². The number of nitrogens with zero attached hydrogens (tertiary/aromatic N) is 1. The Morgan fingerprint density at radius 3 is 2.16 bits per heavy atom. The predicted octanol–water partition coefficient (Wildman–Crippen LogP) is 13.1. The lowest BCUT2D eigenvalue weighted by atomic mass is 9.82. The highest BCUT2D eigenvalue weighted by atomic mass is 16.3. The van der Waals surface area contributed by atoms with Gasteiger partial charge in [-0.15, -0.1) is 0 Å². The van der Waals surface area contributed by atoms with E-state index in [1.165, 1.54) is 33.0 Å². The number of anilines is 3. The summed E-state index contributed by atoms with van der Waals surface area (Å²) in [7, 11) is 0. The molecule has 3 nitrogen and oxygen atoms in total. The largest absolute Gasteiger partial charge is 0.455 e. The van der Waals surface area contributed by atoms with Gasteiger partial charge in [0.2, 0.25) is 0 Å². The van der Waals surface area contributed by atoms with Gasteiger partial charge in [0.1, 0.15) is 11.2 Å². The first-order valence-corrected chi connectivity index (χ1v) is 17.6. The standard InChI is InChI=1S/C48H38N2O/c1-31(13-12-28-49)37-19-11-21-44-45(37)46-38-17-8-7-14-33(38)29-41(47(46)51-44)32-22-24-35(25-23-32)50(34-15-5-4-6-16-34)36-26-27-40-39-18-9-10-20-42(39)48(2,3)43(40)30-36/h4-30H,49H2,1-3H3/b28-12-,31-13+. The van der Waals surface area contributed by atoms with Gasteiger partial charge in [-0.3, -0.25) is 0 Å². The highest BCUT2D eigenvalue weighted by Crippen LogP contribution is 2.51. The van der Waals surface area contributed by atoms with Crippen LogP contribution >= 0.6 is 0 Å². The van der Waals surface area contributed by atoms with E-state index in [-0.39, 0.29) is 5.41 Å². The number of nitrogens with two attached hydrogens (primary N) is 1. The molecule has 9 rings (SSSR count). The van der Waals surface area contributed by atoms with E-state index < -0.39 is 0 Å². The van der Waals surface area contributed by atoms with Crippen molar-refractivity contribution >= 4 is 55.3 Å². The van der Waals surface area contributed by atoms with Gasteiger partial charge in [0.15, 0.2) is 0 Å². The van der Waals surface area contributed by atoms with Gasteiger partial charge in [0.25, 0.3) is 0 Å². The van der Waals surface area contributed by atoms with E-state index in [9.17, 15) is 0 Å². The van der Waals surface area contributed by atoms with Gasteiger partial charge in [-0.05, 0) is 117 Å². The molecule has 0 amide bonds. The van der Waals surface area contributed by atoms with Crippen molar-refractivity contribution < 1.29 is 4.42 Å². The Bertz CT molecular complexity index is 2680. The maximum Gasteiger partial charge on any atom is 0.143 e. The summed E-state index contributed by atoms with van der Waals surface area (Å²) in [6, 6.07) is 52.5. The molecule has 0 spiro atoms. The first-order valence-electron chi connectivity index (χ1n) is 17.6. The maximum absolute atomic E-state index is 6.77. The van der Waals surface area contributed by atoms with Crippen molar-refractivity contribution in [1.82, 2.24) is 0 Å². The molecule has 0 saturated heterocycles. The fourth-order valence-corrected chi connectivity index (χ4v) is 8.15. The van der Waals surface area contributed by atoms with Gasteiger partial charge in [-0.25, -0.2) is 0 Å². The van der Waals surface area contributed by atoms with Crippen molar-refractivity contribution in [3.05, 3.63) is 181 Å². The van der Waals surface area contributed by atoms with Gasteiger partial charge in [-0.2, -0.15) is 0 Å². The van der Waals surface area contributed by atoms with Gasteiger partial charge in [0.05, 0.1) is 0 Å². The first kappa shape index (κ1) is 30.7. The smallest absolute Gasteiger partial charge is 0.143 e. The monoisotopic (exact) mass is 658 g/mol. The summed E-state index contributed by atoms with van der Waals surface area (Å²) < 4.78 is 6.77. The quantitative estimate of drug-likeness (QED) is 0.181. The van der Waals surface area contributed by atoms with Crippen LogP contribution in [0, 0.1) is 0 Å². The van der Waals surface area contributed by atoms with E-state index in [4.69, 9.17) is 10.2 Å². The van der Waals surface area contributed by atoms with Crippen molar-refractivity contribution in [2.45, 2.75) is 26.2 Å². The van der Waals surface area contributed by atoms with Crippen molar-refractivity contribution in [1.29, 1.82) is 0 Å². The lowest BCUT2D eigenvalue weighted by Gasteiger charge is -2.28. The predicted molar refractivity (Wildman–Crippen MR) is 216 cm³/mol. The van der Waals surface area contributed by atoms with E-state index in [0.717, 1.165) is 61.3 Å². The molecule has 0 fully saturated rings. The molecule has 0 bridgehead atoms. The second-order valence-electron chi connectivity index (χ2n) is 14.0. The molecule has 7 aromatic carbocycles. The zero-order valence-electron chi connectivity index (χ0n) is 29.0. The Labute approximate surface area is 298 Å². The molecular weight excluding hydrogens is 621 g/mol. The molecule has 51 heavy (non-hydrogen) atoms. The number of benzene rings is 7. The Kier molecular flexibility index (Phi) is 7.18. The Morgan fingerprint density at radius 1 is 0.627 bits per heavy atom. The molecule has 0 radical (unpaired) electrons. The third-order valence-corrected chi connectivity index (χ3v) is 10.6. The number of hydrogen-bond acceptors (Lipinski definition) is 3. The summed E-state index contributed by atoms with van der Waals surface area (Å²) in [5.74, 6) is 0. The summed E-state index contributed by atoms with van der Waals surface area (Å²) in [6.45, 7) is 6.80. The van der Waals surface area contributed by atoms with E-state index >= 15 is 0 Å². The summed E-state index contributed by atoms with van der Waals surface area (Å²) in [6.07, 6.45) is 5.50. The molecule has 1 aliphatic rings. The molecule has 1 aromatic heterocycles. The number of hydrogen-bond donors (Lipinski definition) is 1.